The fourth-order valence-corrected chi connectivity index (χ4v) is 3.69. The van der Waals surface area contributed by atoms with Gasteiger partial charge >= 0.3 is 0 Å². The molecule has 1 aromatic rings. The number of carbonyl (C=O) groups is 1. The maximum Gasteiger partial charge on any atom is 0.253 e. The number of piperidine rings is 1. The van der Waals surface area contributed by atoms with Crippen molar-refractivity contribution in [2.24, 2.45) is 5.92 Å². The molecule has 0 aliphatic carbocycles. The van der Waals surface area contributed by atoms with Crippen molar-refractivity contribution in [2.75, 3.05) is 19.6 Å². The van der Waals surface area contributed by atoms with E-state index in [1.165, 1.54) is 12.1 Å². The lowest BCUT2D eigenvalue weighted by atomic mass is 10.1. The molecular formula is C16H24N2O3S. The average Bonchev–Trinajstić information content (AvgIpc) is 2.53. The molecule has 0 unspecified atom stereocenters. The number of carbonyl (C=O) groups excluding carboxylic acids is 1. The van der Waals surface area contributed by atoms with Crippen LogP contribution in [-0.2, 0) is 10.0 Å². The summed E-state index contributed by atoms with van der Waals surface area (Å²) in [6.07, 6.45) is 3.18. The van der Waals surface area contributed by atoms with E-state index in [4.69, 9.17) is 0 Å². The highest BCUT2D eigenvalue weighted by molar-refractivity contribution is 7.89. The van der Waals surface area contributed by atoms with Gasteiger partial charge in [0, 0.05) is 25.2 Å². The van der Waals surface area contributed by atoms with Crippen LogP contribution in [0.5, 0.6) is 0 Å². The lowest BCUT2D eigenvalue weighted by Gasteiger charge is -2.26. The van der Waals surface area contributed by atoms with Crippen LogP contribution in [0.2, 0.25) is 0 Å². The number of benzene rings is 1. The first-order chi connectivity index (χ1) is 10.4. The van der Waals surface area contributed by atoms with Crippen molar-refractivity contribution >= 4 is 15.9 Å². The predicted octanol–water partition coefficient (Wildman–Crippen LogP) is 2.25. The molecule has 5 nitrogen and oxygen atoms in total. The first kappa shape index (κ1) is 17.0. The van der Waals surface area contributed by atoms with Crippen LogP contribution >= 0.6 is 0 Å². The molecule has 0 bridgehead atoms. The van der Waals surface area contributed by atoms with Crippen molar-refractivity contribution in [1.82, 2.24) is 9.62 Å². The van der Waals surface area contributed by atoms with E-state index in [0.29, 0.717) is 12.1 Å². The van der Waals surface area contributed by atoms with Crippen LogP contribution in [0.4, 0.5) is 0 Å². The van der Waals surface area contributed by atoms with Crippen LogP contribution in [0.15, 0.2) is 29.2 Å². The molecule has 1 fully saturated rings. The fourth-order valence-electron chi connectivity index (χ4n) is 2.44. The van der Waals surface area contributed by atoms with Gasteiger partial charge in [0.25, 0.3) is 5.91 Å². The quantitative estimate of drug-likeness (QED) is 0.903. The molecule has 0 atom stereocenters. The Morgan fingerprint density at radius 2 is 1.91 bits per heavy atom. The number of nitrogens with zero attached hydrogens (tertiary/aromatic N) is 1. The van der Waals surface area contributed by atoms with Crippen molar-refractivity contribution < 1.29 is 13.2 Å². The third-order valence-electron chi connectivity index (χ3n) is 3.72. The van der Waals surface area contributed by atoms with E-state index < -0.39 is 10.0 Å². The zero-order chi connectivity index (χ0) is 16.2. The third kappa shape index (κ3) is 4.30. The molecule has 22 heavy (non-hydrogen) atoms. The lowest BCUT2D eigenvalue weighted by Crippen LogP contribution is -2.35. The summed E-state index contributed by atoms with van der Waals surface area (Å²) in [7, 11) is -3.56. The topological polar surface area (TPSA) is 66.5 Å². The Kier molecular flexibility index (Phi) is 5.58. The number of likely N-dealkylation sites (tertiary alicyclic amines) is 1. The number of hydrogen-bond acceptors (Lipinski definition) is 3. The maximum atomic E-state index is 12.5. The minimum atomic E-state index is -3.56. The van der Waals surface area contributed by atoms with Gasteiger partial charge in [0.15, 0.2) is 0 Å². The van der Waals surface area contributed by atoms with E-state index >= 15 is 0 Å². The monoisotopic (exact) mass is 324 g/mol. The highest BCUT2D eigenvalue weighted by Crippen LogP contribution is 2.16. The summed E-state index contributed by atoms with van der Waals surface area (Å²) in [4.78, 5) is 14.4. The summed E-state index contributed by atoms with van der Waals surface area (Å²) in [5.74, 6) is 0.147. The van der Waals surface area contributed by atoms with Crippen molar-refractivity contribution in [2.45, 2.75) is 38.0 Å². The molecule has 1 aromatic carbocycles. The summed E-state index contributed by atoms with van der Waals surface area (Å²) in [5, 5.41) is 0. The highest BCUT2D eigenvalue weighted by Gasteiger charge is 2.21. The second-order valence-corrected chi connectivity index (χ2v) is 7.89. The Hall–Kier alpha value is -1.40. The molecule has 0 radical (unpaired) electrons. The van der Waals surface area contributed by atoms with Gasteiger partial charge in [0.2, 0.25) is 10.0 Å². The minimum Gasteiger partial charge on any atom is -0.339 e. The summed E-state index contributed by atoms with van der Waals surface area (Å²) in [6, 6.07) is 6.30. The summed E-state index contributed by atoms with van der Waals surface area (Å²) in [5.41, 5.74) is 0.439. The molecule has 1 saturated heterocycles. The number of amides is 1. The number of sulfonamides is 1. The molecule has 1 N–H and O–H groups in total. The van der Waals surface area contributed by atoms with Gasteiger partial charge < -0.3 is 4.90 Å². The Balaban J connectivity index is 2.17. The molecule has 122 valence electrons. The van der Waals surface area contributed by atoms with Gasteiger partial charge in [-0.05, 0) is 43.4 Å². The molecule has 0 aromatic heterocycles. The number of rotatable bonds is 5. The van der Waals surface area contributed by atoms with Crippen molar-refractivity contribution in [1.29, 1.82) is 0 Å². The molecule has 1 aliphatic rings. The van der Waals surface area contributed by atoms with E-state index in [9.17, 15) is 13.2 Å². The second kappa shape index (κ2) is 7.24. The lowest BCUT2D eigenvalue weighted by molar-refractivity contribution is 0.0724. The molecule has 0 spiro atoms. The summed E-state index contributed by atoms with van der Waals surface area (Å²) in [6.45, 7) is 5.77. The predicted molar refractivity (Wildman–Crippen MR) is 86.2 cm³/mol. The molecule has 1 amide bonds. The van der Waals surface area contributed by atoms with Crippen LogP contribution < -0.4 is 4.72 Å². The fraction of sp³-hybridized carbons (Fsp3) is 0.562. The molecule has 2 rings (SSSR count). The first-order valence-corrected chi connectivity index (χ1v) is 9.27. The van der Waals surface area contributed by atoms with Gasteiger partial charge in [-0.2, -0.15) is 0 Å². The van der Waals surface area contributed by atoms with Gasteiger partial charge in [0.1, 0.15) is 0 Å². The van der Waals surface area contributed by atoms with Gasteiger partial charge in [-0.15, -0.1) is 0 Å². The van der Waals surface area contributed by atoms with Gasteiger partial charge in [-0.1, -0.05) is 19.9 Å². The summed E-state index contributed by atoms with van der Waals surface area (Å²) < 4.78 is 27.1. The van der Waals surface area contributed by atoms with Crippen LogP contribution in [0.25, 0.3) is 0 Å². The third-order valence-corrected chi connectivity index (χ3v) is 5.14. The zero-order valence-corrected chi connectivity index (χ0v) is 14.0. The molecule has 1 heterocycles. The van der Waals surface area contributed by atoms with Gasteiger partial charge in [-0.3, -0.25) is 4.79 Å². The van der Waals surface area contributed by atoms with Gasteiger partial charge in [-0.25, -0.2) is 13.1 Å². The molecule has 6 heteroatoms. The van der Waals surface area contributed by atoms with Crippen molar-refractivity contribution in [3.8, 4) is 0 Å². The Labute approximate surface area is 132 Å². The Morgan fingerprint density at radius 1 is 1.23 bits per heavy atom. The maximum absolute atomic E-state index is 12.5. The normalized spacial score (nSPS) is 16.0. The molecular weight excluding hydrogens is 300 g/mol. The van der Waals surface area contributed by atoms with Crippen LogP contribution in [0.3, 0.4) is 0 Å². The van der Waals surface area contributed by atoms with Crippen LogP contribution in [0.1, 0.15) is 43.5 Å². The average molecular weight is 324 g/mol. The second-order valence-electron chi connectivity index (χ2n) is 6.13. The van der Waals surface area contributed by atoms with E-state index in [1.807, 2.05) is 13.8 Å². The van der Waals surface area contributed by atoms with Crippen molar-refractivity contribution in [3.05, 3.63) is 29.8 Å². The SMILES string of the molecule is CC(C)CNS(=O)(=O)c1cccc(C(=O)N2CCCCC2)c1. The van der Waals surface area contributed by atoms with E-state index in [-0.39, 0.29) is 16.7 Å². The first-order valence-electron chi connectivity index (χ1n) is 7.79. The smallest absolute Gasteiger partial charge is 0.253 e. The largest absolute Gasteiger partial charge is 0.339 e. The van der Waals surface area contributed by atoms with Gasteiger partial charge in [0.05, 0.1) is 4.90 Å². The van der Waals surface area contributed by atoms with E-state index in [0.717, 1.165) is 32.4 Å². The molecule has 0 saturated carbocycles. The number of nitrogens with one attached hydrogen (secondary N) is 1. The highest BCUT2D eigenvalue weighted by atomic mass is 32.2. The Bertz CT molecular complexity index is 620. The Morgan fingerprint density at radius 3 is 2.55 bits per heavy atom. The van der Waals surface area contributed by atoms with E-state index in [1.54, 1.807) is 17.0 Å². The van der Waals surface area contributed by atoms with Crippen molar-refractivity contribution in [3.63, 3.8) is 0 Å². The molecule has 1 aliphatic heterocycles. The van der Waals surface area contributed by atoms with E-state index in [2.05, 4.69) is 4.72 Å². The number of hydrogen-bond donors (Lipinski definition) is 1. The standard InChI is InChI=1S/C16H24N2O3S/c1-13(2)12-17-22(20,21)15-8-6-7-14(11-15)16(19)18-9-4-3-5-10-18/h6-8,11,13,17H,3-5,9-10,12H2,1-2H3. The summed E-state index contributed by atoms with van der Waals surface area (Å²) >= 11 is 0. The van der Waals surface area contributed by atoms with Crippen LogP contribution in [0, 0.1) is 5.92 Å². The zero-order valence-electron chi connectivity index (χ0n) is 13.2. The minimum absolute atomic E-state index is 0.0828. The van der Waals surface area contributed by atoms with Crippen LogP contribution in [-0.4, -0.2) is 38.9 Å².